The van der Waals surface area contributed by atoms with Crippen LogP contribution < -0.4 is 0 Å². The quantitative estimate of drug-likeness (QED) is 0.590. The van der Waals surface area contributed by atoms with E-state index in [1.165, 1.54) is 19.1 Å². The second-order valence-electron chi connectivity index (χ2n) is 4.74. The van der Waals surface area contributed by atoms with Gasteiger partial charge in [-0.05, 0) is 31.1 Å². The van der Waals surface area contributed by atoms with Gasteiger partial charge in [0, 0.05) is 5.41 Å². The van der Waals surface area contributed by atoms with E-state index < -0.39 is 0 Å². The van der Waals surface area contributed by atoms with Crippen LogP contribution in [0.15, 0.2) is 0 Å². The van der Waals surface area contributed by atoms with E-state index in [2.05, 4.69) is 20.8 Å². The molecular formula is C11H20O. The molecule has 1 fully saturated rings. The van der Waals surface area contributed by atoms with Crippen LogP contribution in [0.5, 0.6) is 0 Å². The zero-order valence-corrected chi connectivity index (χ0v) is 8.47. The predicted octanol–water partition coefficient (Wildman–Crippen LogP) is 3.04. The SMILES string of the molecule is CC(C)CC(C)C1(C=O)CCC1. The molecule has 70 valence electrons. The van der Waals surface area contributed by atoms with Crippen molar-refractivity contribution in [1.82, 2.24) is 0 Å². The van der Waals surface area contributed by atoms with Gasteiger partial charge in [-0.1, -0.05) is 27.2 Å². The summed E-state index contributed by atoms with van der Waals surface area (Å²) in [4.78, 5) is 10.9. The van der Waals surface area contributed by atoms with E-state index in [0.29, 0.717) is 5.92 Å². The topological polar surface area (TPSA) is 17.1 Å². The van der Waals surface area contributed by atoms with Gasteiger partial charge in [0.1, 0.15) is 6.29 Å². The second-order valence-corrected chi connectivity index (χ2v) is 4.74. The van der Waals surface area contributed by atoms with Crippen molar-refractivity contribution in [2.24, 2.45) is 17.3 Å². The molecule has 1 atom stereocenters. The van der Waals surface area contributed by atoms with Gasteiger partial charge in [0.05, 0.1) is 0 Å². The molecule has 1 rings (SSSR count). The van der Waals surface area contributed by atoms with Crippen LogP contribution in [0.25, 0.3) is 0 Å². The fourth-order valence-corrected chi connectivity index (χ4v) is 2.25. The summed E-state index contributed by atoms with van der Waals surface area (Å²) in [6.07, 6.45) is 5.91. The summed E-state index contributed by atoms with van der Waals surface area (Å²) in [6, 6.07) is 0. The molecule has 1 unspecified atom stereocenters. The van der Waals surface area contributed by atoms with Crippen LogP contribution >= 0.6 is 0 Å². The Morgan fingerprint density at radius 1 is 1.33 bits per heavy atom. The van der Waals surface area contributed by atoms with Crippen LogP contribution in [0.3, 0.4) is 0 Å². The van der Waals surface area contributed by atoms with Crippen LogP contribution in [0, 0.1) is 17.3 Å². The van der Waals surface area contributed by atoms with Gasteiger partial charge in [0.2, 0.25) is 0 Å². The van der Waals surface area contributed by atoms with E-state index >= 15 is 0 Å². The largest absolute Gasteiger partial charge is 0.303 e. The third-order valence-corrected chi connectivity index (χ3v) is 3.33. The lowest BCUT2D eigenvalue weighted by atomic mass is 9.61. The average Bonchev–Trinajstić information content (AvgIpc) is 1.83. The van der Waals surface area contributed by atoms with Gasteiger partial charge in [-0.3, -0.25) is 0 Å². The fourth-order valence-electron chi connectivity index (χ4n) is 2.25. The Balaban J connectivity index is 2.48. The zero-order chi connectivity index (χ0) is 9.19. The molecule has 1 heteroatoms. The van der Waals surface area contributed by atoms with Gasteiger partial charge in [-0.25, -0.2) is 0 Å². The Kier molecular flexibility index (Phi) is 2.92. The minimum Gasteiger partial charge on any atom is -0.303 e. The summed E-state index contributed by atoms with van der Waals surface area (Å²) in [7, 11) is 0. The van der Waals surface area contributed by atoms with E-state index in [1.54, 1.807) is 0 Å². The number of aldehydes is 1. The van der Waals surface area contributed by atoms with Gasteiger partial charge >= 0.3 is 0 Å². The smallest absolute Gasteiger partial charge is 0.126 e. The molecule has 1 aliphatic carbocycles. The van der Waals surface area contributed by atoms with Crippen molar-refractivity contribution >= 4 is 6.29 Å². The Bertz CT molecular complexity index is 156. The van der Waals surface area contributed by atoms with E-state index in [4.69, 9.17) is 0 Å². The molecule has 1 aliphatic rings. The summed E-state index contributed by atoms with van der Waals surface area (Å²) in [5, 5.41) is 0. The van der Waals surface area contributed by atoms with Crippen molar-refractivity contribution in [3.63, 3.8) is 0 Å². The highest BCUT2D eigenvalue weighted by Crippen LogP contribution is 2.47. The molecule has 0 N–H and O–H groups in total. The normalized spacial score (nSPS) is 23.3. The first-order valence-electron chi connectivity index (χ1n) is 5.07. The summed E-state index contributed by atoms with van der Waals surface area (Å²) in [6.45, 7) is 6.69. The Morgan fingerprint density at radius 2 is 1.92 bits per heavy atom. The average molecular weight is 168 g/mol. The molecule has 0 bridgehead atoms. The number of hydrogen-bond acceptors (Lipinski definition) is 1. The first-order chi connectivity index (χ1) is 5.60. The van der Waals surface area contributed by atoms with Crippen LogP contribution in [0.1, 0.15) is 46.5 Å². The maximum absolute atomic E-state index is 10.9. The van der Waals surface area contributed by atoms with Gasteiger partial charge in [0.25, 0.3) is 0 Å². The predicted molar refractivity (Wildman–Crippen MR) is 51.0 cm³/mol. The maximum Gasteiger partial charge on any atom is 0.126 e. The maximum atomic E-state index is 10.9. The first kappa shape index (κ1) is 9.76. The molecule has 1 nitrogen and oxygen atoms in total. The lowest BCUT2D eigenvalue weighted by molar-refractivity contribution is -0.124. The standard InChI is InChI=1S/C11H20O/c1-9(2)7-10(3)11(8-12)5-4-6-11/h8-10H,4-7H2,1-3H3. The molecular weight excluding hydrogens is 148 g/mol. The first-order valence-corrected chi connectivity index (χ1v) is 5.07. The van der Waals surface area contributed by atoms with Crippen molar-refractivity contribution < 1.29 is 4.79 Å². The lowest BCUT2D eigenvalue weighted by Crippen LogP contribution is -2.38. The van der Waals surface area contributed by atoms with E-state index in [1.807, 2.05) is 0 Å². The van der Waals surface area contributed by atoms with Crippen molar-refractivity contribution in [2.45, 2.75) is 46.5 Å². The van der Waals surface area contributed by atoms with Crippen molar-refractivity contribution in [2.75, 3.05) is 0 Å². The Labute approximate surface area is 75.5 Å². The van der Waals surface area contributed by atoms with Gasteiger partial charge < -0.3 is 4.79 Å². The van der Waals surface area contributed by atoms with Crippen molar-refractivity contribution in [3.05, 3.63) is 0 Å². The summed E-state index contributed by atoms with van der Waals surface area (Å²) in [5.74, 6) is 1.31. The highest BCUT2D eigenvalue weighted by molar-refractivity contribution is 5.61. The molecule has 0 aliphatic heterocycles. The highest BCUT2D eigenvalue weighted by atomic mass is 16.1. The molecule has 0 spiro atoms. The molecule has 0 saturated heterocycles. The summed E-state index contributed by atoms with van der Waals surface area (Å²) in [5.41, 5.74) is 0.0737. The molecule has 0 aromatic carbocycles. The van der Waals surface area contributed by atoms with Crippen LogP contribution in [0.4, 0.5) is 0 Å². The molecule has 12 heavy (non-hydrogen) atoms. The molecule has 0 radical (unpaired) electrons. The fraction of sp³-hybridized carbons (Fsp3) is 0.909. The van der Waals surface area contributed by atoms with Crippen molar-refractivity contribution in [1.29, 1.82) is 0 Å². The number of carbonyl (C=O) groups excluding carboxylic acids is 1. The van der Waals surface area contributed by atoms with E-state index in [9.17, 15) is 4.79 Å². The molecule has 0 aromatic heterocycles. The van der Waals surface area contributed by atoms with Crippen LogP contribution in [0.2, 0.25) is 0 Å². The number of rotatable bonds is 4. The Morgan fingerprint density at radius 3 is 2.17 bits per heavy atom. The third kappa shape index (κ3) is 1.70. The van der Waals surface area contributed by atoms with Gasteiger partial charge in [-0.15, -0.1) is 0 Å². The summed E-state index contributed by atoms with van der Waals surface area (Å²) < 4.78 is 0. The second kappa shape index (κ2) is 3.59. The number of hydrogen-bond donors (Lipinski definition) is 0. The van der Waals surface area contributed by atoms with E-state index in [-0.39, 0.29) is 5.41 Å². The molecule has 0 amide bonds. The summed E-state index contributed by atoms with van der Waals surface area (Å²) >= 11 is 0. The highest BCUT2D eigenvalue weighted by Gasteiger charge is 2.41. The third-order valence-electron chi connectivity index (χ3n) is 3.33. The Hall–Kier alpha value is -0.330. The van der Waals surface area contributed by atoms with E-state index in [0.717, 1.165) is 18.8 Å². The molecule has 0 aromatic rings. The minimum atomic E-state index is 0.0737. The molecule has 0 heterocycles. The number of carbonyl (C=O) groups is 1. The van der Waals surface area contributed by atoms with Gasteiger partial charge in [-0.2, -0.15) is 0 Å². The monoisotopic (exact) mass is 168 g/mol. The minimum absolute atomic E-state index is 0.0737. The van der Waals surface area contributed by atoms with Crippen LogP contribution in [-0.2, 0) is 4.79 Å². The van der Waals surface area contributed by atoms with Crippen molar-refractivity contribution in [3.8, 4) is 0 Å². The lowest BCUT2D eigenvalue weighted by Gasteiger charge is -2.42. The van der Waals surface area contributed by atoms with Crippen LogP contribution in [-0.4, -0.2) is 6.29 Å². The molecule has 1 saturated carbocycles. The zero-order valence-electron chi connectivity index (χ0n) is 8.47. The van der Waals surface area contributed by atoms with Gasteiger partial charge in [0.15, 0.2) is 0 Å².